The molecule has 0 unspecified atom stereocenters. The van der Waals surface area contributed by atoms with Gasteiger partial charge in [-0.1, -0.05) is 19.3 Å². The summed E-state index contributed by atoms with van der Waals surface area (Å²) in [6, 6.07) is 3.89. The van der Waals surface area contributed by atoms with E-state index >= 15 is 0 Å². The molecule has 3 rings (SSSR count). The summed E-state index contributed by atoms with van der Waals surface area (Å²) in [5.41, 5.74) is 1.34. The van der Waals surface area contributed by atoms with Crippen LogP contribution in [-0.4, -0.2) is 21.1 Å². The lowest BCUT2D eigenvalue weighted by molar-refractivity contribution is 0.0920. The zero-order valence-electron chi connectivity index (χ0n) is 13.3. The Morgan fingerprint density at radius 1 is 1.32 bits per heavy atom. The van der Waals surface area contributed by atoms with Crippen molar-refractivity contribution in [2.75, 3.05) is 0 Å². The SMILES string of the molecule is CCn1ccc2c(cc(C(=O)NC3CCCCC3)n2C)c1=O. The maximum Gasteiger partial charge on any atom is 0.268 e. The number of rotatable bonds is 3. The van der Waals surface area contributed by atoms with Crippen molar-refractivity contribution in [3.63, 3.8) is 0 Å². The number of fused-ring (bicyclic) bond motifs is 1. The molecule has 1 amide bonds. The molecule has 5 heteroatoms. The summed E-state index contributed by atoms with van der Waals surface area (Å²) in [7, 11) is 1.84. The molecule has 1 fully saturated rings. The van der Waals surface area contributed by atoms with E-state index in [0.717, 1.165) is 18.4 Å². The standard InChI is InChI=1S/C17H23N3O2/c1-3-20-10-9-14-13(17(20)22)11-15(19(14)2)16(21)18-12-7-5-4-6-8-12/h9-12H,3-8H2,1-2H3,(H,18,21). The van der Waals surface area contributed by atoms with Crippen LogP contribution in [0.25, 0.3) is 10.9 Å². The average molecular weight is 301 g/mol. The Kier molecular flexibility index (Phi) is 4.05. The first-order valence-electron chi connectivity index (χ1n) is 8.11. The lowest BCUT2D eigenvalue weighted by Gasteiger charge is -2.22. The number of carbonyl (C=O) groups excluding carboxylic acids is 1. The van der Waals surface area contributed by atoms with Gasteiger partial charge in [-0.25, -0.2) is 0 Å². The van der Waals surface area contributed by atoms with Crippen LogP contribution in [0.3, 0.4) is 0 Å². The molecule has 2 aromatic heterocycles. The zero-order chi connectivity index (χ0) is 15.7. The average Bonchev–Trinajstić information content (AvgIpc) is 2.87. The van der Waals surface area contributed by atoms with E-state index in [-0.39, 0.29) is 17.5 Å². The highest BCUT2D eigenvalue weighted by Crippen LogP contribution is 2.19. The van der Waals surface area contributed by atoms with Gasteiger partial charge in [-0.3, -0.25) is 9.59 Å². The van der Waals surface area contributed by atoms with Crippen LogP contribution in [0.4, 0.5) is 0 Å². The highest BCUT2D eigenvalue weighted by Gasteiger charge is 2.20. The molecule has 0 radical (unpaired) electrons. The fraction of sp³-hybridized carbons (Fsp3) is 0.529. The van der Waals surface area contributed by atoms with Crippen molar-refractivity contribution in [1.82, 2.24) is 14.5 Å². The van der Waals surface area contributed by atoms with Gasteiger partial charge >= 0.3 is 0 Å². The van der Waals surface area contributed by atoms with Crippen molar-refractivity contribution in [3.8, 4) is 0 Å². The van der Waals surface area contributed by atoms with Crippen LogP contribution in [-0.2, 0) is 13.6 Å². The minimum absolute atomic E-state index is 0.0349. The van der Waals surface area contributed by atoms with Gasteiger partial charge in [-0.2, -0.15) is 0 Å². The van der Waals surface area contributed by atoms with Crippen molar-refractivity contribution in [3.05, 3.63) is 34.4 Å². The van der Waals surface area contributed by atoms with Gasteiger partial charge in [-0.15, -0.1) is 0 Å². The number of carbonyl (C=O) groups is 1. The summed E-state index contributed by atoms with van der Waals surface area (Å²) in [5, 5.41) is 3.73. The minimum atomic E-state index is -0.0759. The lowest BCUT2D eigenvalue weighted by Crippen LogP contribution is -2.36. The van der Waals surface area contributed by atoms with Crippen LogP contribution in [0.15, 0.2) is 23.1 Å². The molecule has 0 saturated heterocycles. The molecule has 118 valence electrons. The van der Waals surface area contributed by atoms with Crippen molar-refractivity contribution < 1.29 is 4.79 Å². The fourth-order valence-electron chi connectivity index (χ4n) is 3.35. The van der Waals surface area contributed by atoms with Crippen molar-refractivity contribution in [2.24, 2.45) is 7.05 Å². The molecule has 2 aromatic rings. The van der Waals surface area contributed by atoms with Gasteiger partial charge in [0.05, 0.1) is 10.9 Å². The van der Waals surface area contributed by atoms with Crippen molar-refractivity contribution >= 4 is 16.8 Å². The Bertz CT molecular complexity index is 751. The Hall–Kier alpha value is -2.04. The van der Waals surface area contributed by atoms with E-state index in [1.54, 1.807) is 16.8 Å². The first-order chi connectivity index (χ1) is 10.6. The van der Waals surface area contributed by atoms with E-state index in [1.165, 1.54) is 19.3 Å². The van der Waals surface area contributed by atoms with E-state index in [9.17, 15) is 9.59 Å². The van der Waals surface area contributed by atoms with E-state index in [2.05, 4.69) is 5.32 Å². The van der Waals surface area contributed by atoms with Crippen molar-refractivity contribution in [2.45, 2.75) is 51.6 Å². The van der Waals surface area contributed by atoms with Crippen LogP contribution >= 0.6 is 0 Å². The molecule has 1 aliphatic rings. The van der Waals surface area contributed by atoms with Gasteiger partial charge in [0.15, 0.2) is 0 Å². The third-order valence-corrected chi connectivity index (χ3v) is 4.70. The largest absolute Gasteiger partial charge is 0.348 e. The zero-order valence-corrected chi connectivity index (χ0v) is 13.3. The van der Waals surface area contributed by atoms with Crippen LogP contribution in [0.2, 0.25) is 0 Å². The summed E-state index contributed by atoms with van der Waals surface area (Å²) >= 11 is 0. The molecule has 1 aliphatic carbocycles. The van der Waals surface area contributed by atoms with Gasteiger partial charge in [0.25, 0.3) is 11.5 Å². The molecule has 0 spiro atoms. The Morgan fingerprint density at radius 3 is 2.73 bits per heavy atom. The molecule has 2 heterocycles. The second kappa shape index (κ2) is 5.99. The second-order valence-electron chi connectivity index (χ2n) is 6.10. The monoisotopic (exact) mass is 301 g/mol. The number of hydrogen-bond donors (Lipinski definition) is 1. The number of nitrogens with zero attached hydrogens (tertiary/aromatic N) is 2. The molecule has 0 aliphatic heterocycles. The Balaban J connectivity index is 1.93. The molecule has 1 N–H and O–H groups in total. The predicted octanol–water partition coefficient (Wildman–Crippen LogP) is 2.42. The maximum atomic E-state index is 12.5. The summed E-state index contributed by atoms with van der Waals surface area (Å²) in [6.45, 7) is 2.57. The normalized spacial score (nSPS) is 16.1. The molecule has 5 nitrogen and oxygen atoms in total. The molecule has 22 heavy (non-hydrogen) atoms. The molecular formula is C17H23N3O2. The van der Waals surface area contributed by atoms with Gasteiger partial charge in [-0.05, 0) is 31.9 Å². The predicted molar refractivity (Wildman–Crippen MR) is 87.2 cm³/mol. The van der Waals surface area contributed by atoms with Gasteiger partial charge in [0.2, 0.25) is 0 Å². The number of amides is 1. The molecule has 0 atom stereocenters. The first-order valence-corrected chi connectivity index (χ1v) is 8.11. The fourth-order valence-corrected chi connectivity index (χ4v) is 3.35. The maximum absolute atomic E-state index is 12.5. The molecule has 0 aromatic carbocycles. The van der Waals surface area contributed by atoms with E-state index < -0.39 is 0 Å². The van der Waals surface area contributed by atoms with Gasteiger partial charge < -0.3 is 14.5 Å². The quantitative estimate of drug-likeness (QED) is 0.946. The minimum Gasteiger partial charge on any atom is -0.348 e. The Labute approximate surface area is 129 Å². The number of aromatic nitrogens is 2. The first kappa shape index (κ1) is 14.9. The van der Waals surface area contributed by atoms with Gasteiger partial charge in [0.1, 0.15) is 5.69 Å². The highest BCUT2D eigenvalue weighted by atomic mass is 16.2. The third-order valence-electron chi connectivity index (χ3n) is 4.70. The molecular weight excluding hydrogens is 278 g/mol. The summed E-state index contributed by atoms with van der Waals surface area (Å²) in [5.74, 6) is -0.0759. The topological polar surface area (TPSA) is 56.0 Å². The summed E-state index contributed by atoms with van der Waals surface area (Å²) in [4.78, 5) is 24.9. The summed E-state index contributed by atoms with van der Waals surface area (Å²) < 4.78 is 3.47. The highest BCUT2D eigenvalue weighted by molar-refractivity contribution is 5.98. The van der Waals surface area contributed by atoms with Crippen molar-refractivity contribution in [1.29, 1.82) is 0 Å². The number of hydrogen-bond acceptors (Lipinski definition) is 2. The number of nitrogens with one attached hydrogen (secondary N) is 1. The number of aryl methyl sites for hydroxylation is 2. The van der Waals surface area contributed by atoms with Gasteiger partial charge in [0, 0.05) is 25.8 Å². The number of pyridine rings is 1. The van der Waals surface area contributed by atoms with E-state index in [4.69, 9.17) is 0 Å². The van der Waals surface area contributed by atoms with Crippen LogP contribution in [0.5, 0.6) is 0 Å². The lowest BCUT2D eigenvalue weighted by atomic mass is 9.95. The third kappa shape index (κ3) is 2.56. The Morgan fingerprint density at radius 2 is 2.05 bits per heavy atom. The molecule has 0 bridgehead atoms. The molecule has 1 saturated carbocycles. The van der Waals surface area contributed by atoms with Crippen LogP contribution in [0, 0.1) is 0 Å². The second-order valence-corrected chi connectivity index (χ2v) is 6.10. The van der Waals surface area contributed by atoms with Crippen LogP contribution in [0.1, 0.15) is 49.5 Å². The smallest absolute Gasteiger partial charge is 0.268 e. The van der Waals surface area contributed by atoms with E-state index in [1.807, 2.05) is 24.6 Å². The van der Waals surface area contributed by atoms with E-state index in [0.29, 0.717) is 17.6 Å². The summed E-state index contributed by atoms with van der Waals surface area (Å²) in [6.07, 6.45) is 7.52. The van der Waals surface area contributed by atoms with Crippen LogP contribution < -0.4 is 10.9 Å².